The highest BCUT2D eigenvalue weighted by Gasteiger charge is 1.86. The van der Waals surface area contributed by atoms with Gasteiger partial charge in [-0.3, -0.25) is 0 Å². The van der Waals surface area contributed by atoms with Gasteiger partial charge in [-0.15, -0.1) is 5.10 Å². The average molecular weight is 102 g/mol. The van der Waals surface area contributed by atoms with E-state index in [1.54, 1.807) is 6.92 Å². The Morgan fingerprint density at radius 1 is 2.00 bits per heavy atom. The third-order valence-corrected chi connectivity index (χ3v) is 0.545. The van der Waals surface area contributed by atoms with E-state index in [-0.39, 0.29) is 1.43 Å². The Kier molecular flexibility index (Phi) is 0.714. The smallest absolute Gasteiger partial charge is 0.393 e. The molecule has 1 N–H and O–H groups in total. The molecule has 0 saturated carbocycles. The molecule has 0 atom stereocenters. The van der Waals surface area contributed by atoms with E-state index in [0.717, 1.165) is 0 Å². The molecule has 0 unspecified atom stereocenters. The second-order valence-electron chi connectivity index (χ2n) is 1.13. The van der Waals surface area contributed by atoms with Crippen LogP contribution in [0.15, 0.2) is 9.21 Å². The molecular weight excluding hydrogens is 96.0 g/mol. The van der Waals surface area contributed by atoms with Crippen molar-refractivity contribution in [2.24, 2.45) is 0 Å². The molecular formula is C3H6N2O2. The molecule has 0 fully saturated rings. The molecule has 0 saturated heterocycles. The first-order valence-electron chi connectivity index (χ1n) is 1.81. The van der Waals surface area contributed by atoms with Crippen molar-refractivity contribution >= 4 is 0 Å². The molecule has 0 bridgehead atoms. The van der Waals surface area contributed by atoms with Crippen LogP contribution in [-0.4, -0.2) is 10.2 Å². The first kappa shape index (κ1) is 4.11. The minimum absolute atomic E-state index is 0. The van der Waals surface area contributed by atoms with Crippen LogP contribution in [0.2, 0.25) is 0 Å². The summed E-state index contributed by atoms with van der Waals surface area (Å²) in [5, 5.41) is 5.51. The largest absolute Gasteiger partial charge is 0.434 e. The second kappa shape index (κ2) is 1.22. The van der Waals surface area contributed by atoms with Crippen LogP contribution >= 0.6 is 0 Å². The zero-order valence-corrected chi connectivity index (χ0v) is 3.76. The van der Waals surface area contributed by atoms with Gasteiger partial charge in [-0.05, 0) is 0 Å². The Morgan fingerprint density at radius 3 is 2.86 bits per heavy atom. The van der Waals surface area contributed by atoms with Crippen LogP contribution in [0.1, 0.15) is 7.32 Å². The Bertz CT molecular complexity index is 203. The molecule has 0 aromatic carbocycles. The lowest BCUT2D eigenvalue weighted by Gasteiger charge is -1.63. The summed E-state index contributed by atoms with van der Waals surface area (Å²) in [5.74, 6) is -0.137. The first-order chi connectivity index (χ1) is 3.29. The molecule has 40 valence electrons. The number of rotatable bonds is 0. The standard InChI is InChI=1S/C3H4N2O2.H2/c1-2-4-5-3(6)7-2;/h1H3,(H,5,6);1H. The van der Waals surface area contributed by atoms with E-state index in [1.165, 1.54) is 0 Å². The molecule has 0 radical (unpaired) electrons. The zero-order valence-electron chi connectivity index (χ0n) is 3.76. The third-order valence-electron chi connectivity index (χ3n) is 0.545. The number of nitrogens with one attached hydrogen (secondary N) is 1. The number of hydrogen-bond acceptors (Lipinski definition) is 3. The zero-order chi connectivity index (χ0) is 5.28. The number of nitrogens with zero attached hydrogens (tertiary/aromatic N) is 1. The molecule has 1 heterocycles. The Hall–Kier alpha value is -1.06. The molecule has 1 rings (SSSR count). The van der Waals surface area contributed by atoms with Crippen LogP contribution in [0.4, 0.5) is 0 Å². The average Bonchev–Trinajstić information content (AvgIpc) is 1.87. The maximum Gasteiger partial charge on any atom is 0.434 e. The molecule has 4 nitrogen and oxygen atoms in total. The summed E-state index contributed by atoms with van der Waals surface area (Å²) in [6.45, 7) is 1.60. The van der Waals surface area contributed by atoms with Crippen molar-refractivity contribution < 1.29 is 5.84 Å². The lowest BCUT2D eigenvalue weighted by molar-refractivity contribution is 0.483. The maximum absolute atomic E-state index is 10.0. The Morgan fingerprint density at radius 2 is 2.71 bits per heavy atom. The summed E-state index contributed by atoms with van der Waals surface area (Å²) in [6, 6.07) is 0. The minimum atomic E-state index is -0.502. The number of hydrogen-bond donors (Lipinski definition) is 1. The molecule has 7 heavy (non-hydrogen) atoms. The van der Waals surface area contributed by atoms with Gasteiger partial charge in [0.15, 0.2) is 0 Å². The quantitative estimate of drug-likeness (QED) is 0.498. The monoisotopic (exact) mass is 102 g/mol. The van der Waals surface area contributed by atoms with Gasteiger partial charge in [-0.2, -0.15) is 0 Å². The molecule has 0 aliphatic carbocycles. The molecule has 0 amide bonds. The van der Waals surface area contributed by atoms with Crippen molar-refractivity contribution in [1.82, 2.24) is 10.2 Å². The lowest BCUT2D eigenvalue weighted by atomic mass is 10.8. The highest BCUT2D eigenvalue weighted by atomic mass is 16.4. The van der Waals surface area contributed by atoms with E-state index >= 15 is 0 Å². The fourth-order valence-corrected chi connectivity index (χ4v) is 0.304. The lowest BCUT2D eigenvalue weighted by Crippen LogP contribution is -1.93. The second-order valence-corrected chi connectivity index (χ2v) is 1.13. The van der Waals surface area contributed by atoms with Gasteiger partial charge >= 0.3 is 5.76 Å². The van der Waals surface area contributed by atoms with Crippen LogP contribution < -0.4 is 5.76 Å². The van der Waals surface area contributed by atoms with Gasteiger partial charge in [-0.1, -0.05) is 0 Å². The van der Waals surface area contributed by atoms with E-state index in [9.17, 15) is 4.79 Å². The maximum atomic E-state index is 10.0. The van der Waals surface area contributed by atoms with E-state index in [0.29, 0.717) is 5.89 Å². The summed E-state index contributed by atoms with van der Waals surface area (Å²) in [4.78, 5) is 10.0. The van der Waals surface area contributed by atoms with Crippen molar-refractivity contribution in [2.45, 2.75) is 6.92 Å². The van der Waals surface area contributed by atoms with Gasteiger partial charge in [0.1, 0.15) is 0 Å². The highest BCUT2D eigenvalue weighted by Crippen LogP contribution is 1.76. The van der Waals surface area contributed by atoms with Gasteiger partial charge in [0, 0.05) is 8.35 Å². The van der Waals surface area contributed by atoms with Gasteiger partial charge in [-0.25, -0.2) is 9.89 Å². The van der Waals surface area contributed by atoms with Crippen molar-refractivity contribution in [3.63, 3.8) is 0 Å². The van der Waals surface area contributed by atoms with Crippen LogP contribution in [0, 0.1) is 6.92 Å². The van der Waals surface area contributed by atoms with Crippen molar-refractivity contribution in [2.75, 3.05) is 0 Å². The molecule has 4 heteroatoms. The normalized spacial score (nSPS) is 9.29. The van der Waals surface area contributed by atoms with Crippen LogP contribution in [-0.2, 0) is 0 Å². The summed E-state index contributed by atoms with van der Waals surface area (Å²) >= 11 is 0. The van der Waals surface area contributed by atoms with E-state index in [1.807, 2.05) is 0 Å². The van der Waals surface area contributed by atoms with E-state index < -0.39 is 5.76 Å². The molecule has 0 aliphatic rings. The summed E-state index contributed by atoms with van der Waals surface area (Å²) in [5.41, 5.74) is 0. The number of aryl methyl sites for hydroxylation is 1. The van der Waals surface area contributed by atoms with Gasteiger partial charge in [0.25, 0.3) is 0 Å². The van der Waals surface area contributed by atoms with Gasteiger partial charge < -0.3 is 4.42 Å². The SMILES string of the molecule is Cc1n[nH]c(=O)o1.[HH]. The summed E-state index contributed by atoms with van der Waals surface area (Å²) in [7, 11) is 0. The first-order valence-corrected chi connectivity index (χ1v) is 1.81. The van der Waals surface area contributed by atoms with Gasteiger partial charge in [0.2, 0.25) is 5.89 Å². The fraction of sp³-hybridized carbons (Fsp3) is 0.333. The van der Waals surface area contributed by atoms with Crippen LogP contribution in [0.25, 0.3) is 0 Å². The number of aromatic amines is 1. The topological polar surface area (TPSA) is 58.9 Å². The Balaban J connectivity index is 0.000000490. The van der Waals surface area contributed by atoms with E-state index in [4.69, 9.17) is 0 Å². The Labute approximate surface area is 40.6 Å². The minimum Gasteiger partial charge on any atom is -0.393 e. The van der Waals surface area contributed by atoms with E-state index in [2.05, 4.69) is 14.6 Å². The summed E-state index contributed by atoms with van der Waals surface area (Å²) in [6.07, 6.45) is 0. The summed E-state index contributed by atoms with van der Waals surface area (Å²) < 4.78 is 4.36. The number of aromatic nitrogens is 2. The van der Waals surface area contributed by atoms with Crippen molar-refractivity contribution in [3.05, 3.63) is 16.4 Å². The predicted molar refractivity (Wildman–Crippen MR) is 24.0 cm³/mol. The molecule has 0 aliphatic heterocycles. The molecule has 1 aromatic heterocycles. The third kappa shape index (κ3) is 0.677. The predicted octanol–water partition coefficient (Wildman–Crippen LogP) is -0.0827. The van der Waals surface area contributed by atoms with Crippen LogP contribution in [0.5, 0.6) is 0 Å². The highest BCUT2D eigenvalue weighted by molar-refractivity contribution is 4.61. The molecule has 0 spiro atoms. The van der Waals surface area contributed by atoms with Gasteiger partial charge in [0.05, 0.1) is 0 Å². The fourth-order valence-electron chi connectivity index (χ4n) is 0.304. The van der Waals surface area contributed by atoms with Crippen LogP contribution in [0.3, 0.4) is 0 Å². The van der Waals surface area contributed by atoms with Crippen molar-refractivity contribution in [3.8, 4) is 0 Å². The molecule has 1 aromatic rings. The number of H-pyrrole nitrogens is 1. The van der Waals surface area contributed by atoms with Crippen molar-refractivity contribution in [1.29, 1.82) is 0 Å².